The van der Waals surface area contributed by atoms with Crippen molar-refractivity contribution in [1.29, 1.82) is 5.26 Å². The summed E-state index contributed by atoms with van der Waals surface area (Å²) in [7, 11) is 0. The van der Waals surface area contributed by atoms with E-state index in [1.807, 2.05) is 18.3 Å². The van der Waals surface area contributed by atoms with Gasteiger partial charge in [0.05, 0.1) is 6.07 Å². The summed E-state index contributed by atoms with van der Waals surface area (Å²) < 4.78 is 0. The summed E-state index contributed by atoms with van der Waals surface area (Å²) in [6, 6.07) is 6.13. The van der Waals surface area contributed by atoms with Gasteiger partial charge in [-0.05, 0) is 11.6 Å². The van der Waals surface area contributed by atoms with E-state index in [9.17, 15) is 0 Å². The standard InChI is InChI=1S/C13H17N3S/c1-12(11-17)9-16(7-3-5-14)10-13-4-2-6-15-8-13/h2,4,6,8,17H,1,3,7,9-11H2. The van der Waals surface area contributed by atoms with Gasteiger partial charge in [0, 0.05) is 44.2 Å². The van der Waals surface area contributed by atoms with Crippen LogP contribution in [0.4, 0.5) is 0 Å². The van der Waals surface area contributed by atoms with Crippen molar-refractivity contribution < 1.29 is 0 Å². The summed E-state index contributed by atoms with van der Waals surface area (Å²) in [6.45, 7) is 6.27. The first kappa shape index (κ1) is 13.8. The average Bonchev–Trinajstić information content (AvgIpc) is 2.37. The molecule has 0 saturated heterocycles. The van der Waals surface area contributed by atoms with Crippen molar-refractivity contribution >= 4 is 12.6 Å². The molecule has 0 atom stereocenters. The first-order valence-corrected chi connectivity index (χ1v) is 6.15. The molecule has 0 unspecified atom stereocenters. The Kier molecular flexibility index (Phi) is 6.38. The Balaban J connectivity index is 2.57. The minimum atomic E-state index is 0.528. The average molecular weight is 247 g/mol. The third kappa shape index (κ3) is 5.53. The van der Waals surface area contributed by atoms with E-state index in [-0.39, 0.29) is 0 Å². The molecule has 90 valence electrons. The van der Waals surface area contributed by atoms with Gasteiger partial charge in [0.15, 0.2) is 0 Å². The number of hydrogen-bond acceptors (Lipinski definition) is 4. The topological polar surface area (TPSA) is 39.9 Å². The molecular weight excluding hydrogens is 230 g/mol. The van der Waals surface area contributed by atoms with Gasteiger partial charge in [0.1, 0.15) is 0 Å². The Bertz CT molecular complexity index is 383. The second-order valence-corrected chi connectivity index (χ2v) is 4.20. The molecular formula is C13H17N3S. The lowest BCUT2D eigenvalue weighted by Crippen LogP contribution is -2.26. The number of pyridine rings is 1. The van der Waals surface area contributed by atoms with Crippen molar-refractivity contribution in [3.05, 3.63) is 42.2 Å². The van der Waals surface area contributed by atoms with Gasteiger partial charge < -0.3 is 0 Å². The highest BCUT2D eigenvalue weighted by atomic mass is 32.1. The van der Waals surface area contributed by atoms with Crippen molar-refractivity contribution in [3.63, 3.8) is 0 Å². The van der Waals surface area contributed by atoms with Crippen LogP contribution in [0.2, 0.25) is 0 Å². The number of nitriles is 1. The lowest BCUT2D eigenvalue weighted by molar-refractivity contribution is 0.295. The maximum atomic E-state index is 8.65. The predicted octanol–water partition coefficient (Wildman–Crippen LogP) is 2.28. The highest BCUT2D eigenvalue weighted by molar-refractivity contribution is 7.80. The summed E-state index contributed by atoms with van der Waals surface area (Å²) in [5.74, 6) is 0.677. The van der Waals surface area contributed by atoms with Crippen LogP contribution in [0.25, 0.3) is 0 Å². The molecule has 0 spiro atoms. The van der Waals surface area contributed by atoms with E-state index < -0.39 is 0 Å². The smallest absolute Gasteiger partial charge is 0.0635 e. The molecule has 1 heterocycles. The van der Waals surface area contributed by atoms with Gasteiger partial charge in [0.2, 0.25) is 0 Å². The molecule has 0 aliphatic carbocycles. The lowest BCUT2D eigenvalue weighted by Gasteiger charge is -2.21. The third-order valence-corrected chi connectivity index (χ3v) is 2.79. The first-order valence-electron chi connectivity index (χ1n) is 5.52. The van der Waals surface area contributed by atoms with Gasteiger partial charge in [-0.15, -0.1) is 0 Å². The second-order valence-electron chi connectivity index (χ2n) is 3.89. The Morgan fingerprint density at radius 2 is 2.41 bits per heavy atom. The number of nitrogens with zero attached hydrogens (tertiary/aromatic N) is 3. The molecule has 3 nitrogen and oxygen atoms in total. The Hall–Kier alpha value is -1.31. The molecule has 4 heteroatoms. The van der Waals surface area contributed by atoms with Gasteiger partial charge in [0.25, 0.3) is 0 Å². The first-order chi connectivity index (χ1) is 8.26. The second kappa shape index (κ2) is 7.88. The van der Waals surface area contributed by atoms with Crippen LogP contribution in [0.5, 0.6) is 0 Å². The van der Waals surface area contributed by atoms with Crippen molar-refractivity contribution in [2.75, 3.05) is 18.8 Å². The molecule has 0 aliphatic heterocycles. The van der Waals surface area contributed by atoms with Crippen molar-refractivity contribution in [2.24, 2.45) is 0 Å². The Morgan fingerprint density at radius 1 is 1.59 bits per heavy atom. The van der Waals surface area contributed by atoms with Crippen molar-refractivity contribution in [2.45, 2.75) is 13.0 Å². The molecule has 0 amide bonds. The van der Waals surface area contributed by atoms with Crippen LogP contribution in [0.15, 0.2) is 36.7 Å². The number of thiol groups is 1. The van der Waals surface area contributed by atoms with Crippen LogP contribution < -0.4 is 0 Å². The Labute approximate surface area is 108 Å². The molecule has 1 aromatic heterocycles. The molecule has 0 N–H and O–H groups in total. The number of hydrogen-bond donors (Lipinski definition) is 1. The van der Waals surface area contributed by atoms with Crippen LogP contribution in [0.1, 0.15) is 12.0 Å². The molecule has 0 saturated carbocycles. The monoisotopic (exact) mass is 247 g/mol. The summed E-state index contributed by atoms with van der Waals surface area (Å²) in [5, 5.41) is 8.65. The van der Waals surface area contributed by atoms with Crippen molar-refractivity contribution in [3.8, 4) is 6.07 Å². The molecule has 0 radical (unpaired) electrons. The minimum absolute atomic E-state index is 0.528. The number of rotatable bonds is 7. The van der Waals surface area contributed by atoms with Gasteiger partial charge in [-0.3, -0.25) is 9.88 Å². The molecule has 0 bridgehead atoms. The largest absolute Gasteiger partial charge is 0.294 e. The van der Waals surface area contributed by atoms with E-state index in [0.29, 0.717) is 12.2 Å². The van der Waals surface area contributed by atoms with E-state index in [1.165, 1.54) is 0 Å². The van der Waals surface area contributed by atoms with E-state index >= 15 is 0 Å². The van der Waals surface area contributed by atoms with E-state index in [1.54, 1.807) is 6.20 Å². The summed E-state index contributed by atoms with van der Waals surface area (Å²) in [4.78, 5) is 6.28. The third-order valence-electron chi connectivity index (χ3n) is 2.34. The minimum Gasteiger partial charge on any atom is -0.294 e. The fourth-order valence-corrected chi connectivity index (χ4v) is 1.64. The highest BCUT2D eigenvalue weighted by Gasteiger charge is 2.07. The maximum Gasteiger partial charge on any atom is 0.0635 e. The van der Waals surface area contributed by atoms with Crippen LogP contribution in [0.3, 0.4) is 0 Å². The lowest BCUT2D eigenvalue weighted by atomic mass is 10.2. The van der Waals surface area contributed by atoms with Crippen molar-refractivity contribution in [1.82, 2.24) is 9.88 Å². The van der Waals surface area contributed by atoms with Crippen LogP contribution in [-0.4, -0.2) is 28.7 Å². The molecule has 0 aliphatic rings. The molecule has 0 fully saturated rings. The zero-order valence-electron chi connectivity index (χ0n) is 9.84. The number of aromatic nitrogens is 1. The van der Waals surface area contributed by atoms with Gasteiger partial charge in [-0.1, -0.05) is 18.2 Å². The van der Waals surface area contributed by atoms with Gasteiger partial charge >= 0.3 is 0 Å². The van der Waals surface area contributed by atoms with E-state index in [4.69, 9.17) is 5.26 Å². The summed E-state index contributed by atoms with van der Waals surface area (Å²) in [6.07, 6.45) is 4.14. The molecule has 17 heavy (non-hydrogen) atoms. The molecule has 1 aromatic rings. The fraction of sp³-hybridized carbons (Fsp3) is 0.385. The van der Waals surface area contributed by atoms with Crippen LogP contribution in [0, 0.1) is 11.3 Å². The molecule has 0 aromatic carbocycles. The van der Waals surface area contributed by atoms with E-state index in [0.717, 1.165) is 30.8 Å². The Morgan fingerprint density at radius 3 is 3.00 bits per heavy atom. The normalized spacial score (nSPS) is 10.2. The summed E-state index contributed by atoms with van der Waals surface area (Å²) in [5.41, 5.74) is 2.22. The summed E-state index contributed by atoms with van der Waals surface area (Å²) >= 11 is 4.20. The zero-order chi connectivity index (χ0) is 12.5. The zero-order valence-corrected chi connectivity index (χ0v) is 10.7. The SMILES string of the molecule is C=C(CS)CN(CCC#N)Cc1cccnc1. The van der Waals surface area contributed by atoms with E-state index in [2.05, 4.69) is 35.2 Å². The highest BCUT2D eigenvalue weighted by Crippen LogP contribution is 2.07. The van der Waals surface area contributed by atoms with Crippen LogP contribution >= 0.6 is 12.6 Å². The van der Waals surface area contributed by atoms with Gasteiger partial charge in [-0.2, -0.15) is 17.9 Å². The fourth-order valence-electron chi connectivity index (χ4n) is 1.54. The van der Waals surface area contributed by atoms with Gasteiger partial charge in [-0.25, -0.2) is 0 Å². The maximum absolute atomic E-state index is 8.65. The quantitative estimate of drug-likeness (QED) is 0.593. The van der Waals surface area contributed by atoms with Crippen LogP contribution in [-0.2, 0) is 6.54 Å². The predicted molar refractivity (Wildman–Crippen MR) is 72.7 cm³/mol. The molecule has 1 rings (SSSR count).